The Balaban J connectivity index is 2.09. The van der Waals surface area contributed by atoms with Crippen LogP contribution in [0.5, 0.6) is 0 Å². The molecule has 0 aromatic heterocycles. The summed E-state index contributed by atoms with van der Waals surface area (Å²) in [5.41, 5.74) is 1.32. The molecule has 0 aromatic carbocycles. The molecule has 12 heavy (non-hydrogen) atoms. The van der Waals surface area contributed by atoms with Gasteiger partial charge in [-0.15, -0.1) is 0 Å². The van der Waals surface area contributed by atoms with Crippen LogP contribution in [0.2, 0.25) is 0 Å². The minimum atomic E-state index is 0.207. The average molecular weight is 160 g/mol. The van der Waals surface area contributed by atoms with Crippen molar-refractivity contribution in [2.24, 2.45) is 11.8 Å². The van der Waals surface area contributed by atoms with Gasteiger partial charge in [-0.25, -0.2) is 0 Å². The third-order valence-corrected chi connectivity index (χ3v) is 2.58. The zero-order valence-electron chi connectivity index (χ0n) is 6.96. The van der Waals surface area contributed by atoms with Gasteiger partial charge >= 0.3 is 0 Å². The molecule has 2 unspecified atom stereocenters. The lowest BCUT2D eigenvalue weighted by molar-refractivity contribution is 0.385. The van der Waals surface area contributed by atoms with Crippen molar-refractivity contribution in [3.8, 4) is 6.07 Å². The molecule has 0 amide bonds. The highest BCUT2D eigenvalue weighted by molar-refractivity contribution is 5.22. The van der Waals surface area contributed by atoms with Crippen molar-refractivity contribution in [3.05, 3.63) is 23.9 Å². The molecule has 0 saturated carbocycles. The van der Waals surface area contributed by atoms with Crippen LogP contribution >= 0.6 is 0 Å². The quantitative estimate of drug-likeness (QED) is 0.584. The Morgan fingerprint density at radius 2 is 2.50 bits per heavy atom. The van der Waals surface area contributed by atoms with Gasteiger partial charge in [0, 0.05) is 18.2 Å². The molecule has 0 aromatic rings. The summed E-state index contributed by atoms with van der Waals surface area (Å²) in [7, 11) is 0. The number of rotatable bonds is 0. The fourth-order valence-corrected chi connectivity index (χ4v) is 1.87. The molecule has 2 rings (SSSR count). The zero-order valence-corrected chi connectivity index (χ0v) is 6.96. The number of nitrogens with zero attached hydrogens (tertiary/aromatic N) is 1. The second kappa shape index (κ2) is 3.02. The second-order valence-corrected chi connectivity index (χ2v) is 3.43. The molecule has 1 saturated heterocycles. The summed E-state index contributed by atoms with van der Waals surface area (Å²) >= 11 is 0. The van der Waals surface area contributed by atoms with Gasteiger partial charge < -0.3 is 5.32 Å². The van der Waals surface area contributed by atoms with Crippen molar-refractivity contribution in [1.82, 2.24) is 5.32 Å². The summed E-state index contributed by atoms with van der Waals surface area (Å²) in [6, 6.07) is 2.32. The number of nitriles is 1. The first-order valence-electron chi connectivity index (χ1n) is 4.40. The first kappa shape index (κ1) is 7.42. The Morgan fingerprint density at radius 3 is 3.33 bits per heavy atom. The summed E-state index contributed by atoms with van der Waals surface area (Å²) in [5.74, 6) is 0.784. The highest BCUT2D eigenvalue weighted by atomic mass is 14.9. The standard InChI is InChI=1S/C10H12N2/c11-6-8-5-9-3-1-2-4-10(9)12-7-8/h1-2,4,8-9,12H,3,5,7H2. The average Bonchev–Trinajstić information content (AvgIpc) is 2.17. The number of nitrogens with one attached hydrogen (secondary N) is 1. The largest absolute Gasteiger partial charge is 0.387 e. The Kier molecular flexibility index (Phi) is 1.87. The molecular formula is C10H12N2. The highest BCUT2D eigenvalue weighted by Crippen LogP contribution is 2.28. The lowest BCUT2D eigenvalue weighted by atomic mass is 9.84. The maximum atomic E-state index is 8.75. The molecule has 1 aliphatic carbocycles. The van der Waals surface area contributed by atoms with Crippen molar-refractivity contribution < 1.29 is 0 Å². The normalized spacial score (nSPS) is 32.8. The predicted octanol–water partition coefficient (Wildman–Crippen LogP) is 1.58. The molecule has 2 aliphatic rings. The maximum Gasteiger partial charge on any atom is 0.0674 e. The fraction of sp³-hybridized carbons (Fsp3) is 0.500. The molecule has 2 atom stereocenters. The van der Waals surface area contributed by atoms with E-state index >= 15 is 0 Å². The van der Waals surface area contributed by atoms with Gasteiger partial charge in [-0.1, -0.05) is 12.2 Å². The van der Waals surface area contributed by atoms with Crippen LogP contribution in [0.1, 0.15) is 12.8 Å². The number of hydrogen-bond donors (Lipinski definition) is 1. The van der Waals surface area contributed by atoms with Gasteiger partial charge in [-0.05, 0) is 18.9 Å². The molecule has 2 heteroatoms. The lowest BCUT2D eigenvalue weighted by Crippen LogP contribution is -2.34. The van der Waals surface area contributed by atoms with E-state index in [-0.39, 0.29) is 5.92 Å². The maximum absolute atomic E-state index is 8.75. The smallest absolute Gasteiger partial charge is 0.0674 e. The molecule has 1 aliphatic heterocycles. The van der Waals surface area contributed by atoms with E-state index in [1.54, 1.807) is 0 Å². The van der Waals surface area contributed by atoms with Crippen LogP contribution in [-0.4, -0.2) is 6.54 Å². The van der Waals surface area contributed by atoms with Gasteiger partial charge in [0.1, 0.15) is 0 Å². The monoisotopic (exact) mass is 160 g/mol. The summed E-state index contributed by atoms with van der Waals surface area (Å²) in [6.45, 7) is 0.826. The molecule has 1 N–H and O–H groups in total. The number of piperidine rings is 1. The van der Waals surface area contributed by atoms with Gasteiger partial charge in [0.2, 0.25) is 0 Å². The summed E-state index contributed by atoms with van der Waals surface area (Å²) in [5, 5.41) is 12.1. The van der Waals surface area contributed by atoms with E-state index in [9.17, 15) is 0 Å². The summed E-state index contributed by atoms with van der Waals surface area (Å²) in [4.78, 5) is 0. The van der Waals surface area contributed by atoms with E-state index < -0.39 is 0 Å². The Morgan fingerprint density at radius 1 is 1.58 bits per heavy atom. The minimum Gasteiger partial charge on any atom is -0.387 e. The highest BCUT2D eigenvalue weighted by Gasteiger charge is 2.25. The Labute approximate surface area is 72.6 Å². The van der Waals surface area contributed by atoms with E-state index in [4.69, 9.17) is 5.26 Å². The van der Waals surface area contributed by atoms with Gasteiger partial charge in [0.25, 0.3) is 0 Å². The number of hydrogen-bond acceptors (Lipinski definition) is 2. The van der Waals surface area contributed by atoms with Crippen LogP contribution in [0.4, 0.5) is 0 Å². The SMILES string of the molecule is N#CC1CNC2=CC=CCC2C1. The van der Waals surface area contributed by atoms with E-state index in [0.717, 1.165) is 19.4 Å². The molecule has 0 radical (unpaired) electrons. The van der Waals surface area contributed by atoms with Crippen molar-refractivity contribution >= 4 is 0 Å². The first-order valence-corrected chi connectivity index (χ1v) is 4.40. The van der Waals surface area contributed by atoms with Crippen LogP contribution in [-0.2, 0) is 0 Å². The van der Waals surface area contributed by atoms with Crippen LogP contribution in [0.15, 0.2) is 23.9 Å². The van der Waals surface area contributed by atoms with Gasteiger partial charge in [0.15, 0.2) is 0 Å². The predicted molar refractivity (Wildman–Crippen MR) is 47.1 cm³/mol. The van der Waals surface area contributed by atoms with E-state index in [2.05, 4.69) is 29.6 Å². The molecular weight excluding hydrogens is 148 g/mol. The third kappa shape index (κ3) is 1.23. The molecule has 1 fully saturated rings. The third-order valence-electron chi connectivity index (χ3n) is 2.58. The van der Waals surface area contributed by atoms with E-state index in [0.29, 0.717) is 5.92 Å². The van der Waals surface area contributed by atoms with Gasteiger partial charge in [0.05, 0.1) is 12.0 Å². The van der Waals surface area contributed by atoms with Crippen molar-refractivity contribution in [1.29, 1.82) is 5.26 Å². The zero-order chi connectivity index (χ0) is 8.39. The molecule has 2 nitrogen and oxygen atoms in total. The van der Waals surface area contributed by atoms with E-state index in [1.165, 1.54) is 5.70 Å². The lowest BCUT2D eigenvalue weighted by Gasteiger charge is -2.30. The van der Waals surface area contributed by atoms with Crippen LogP contribution in [0.25, 0.3) is 0 Å². The van der Waals surface area contributed by atoms with Crippen LogP contribution < -0.4 is 5.32 Å². The topological polar surface area (TPSA) is 35.8 Å². The summed E-state index contributed by atoms with van der Waals surface area (Å²) < 4.78 is 0. The van der Waals surface area contributed by atoms with Crippen molar-refractivity contribution in [2.75, 3.05) is 6.54 Å². The molecule has 1 heterocycles. The van der Waals surface area contributed by atoms with Crippen LogP contribution in [0, 0.1) is 23.2 Å². The van der Waals surface area contributed by atoms with Crippen LogP contribution in [0.3, 0.4) is 0 Å². The van der Waals surface area contributed by atoms with Crippen molar-refractivity contribution in [3.63, 3.8) is 0 Å². The number of allylic oxidation sites excluding steroid dienone is 4. The number of fused-ring (bicyclic) bond motifs is 1. The first-order chi connectivity index (χ1) is 5.90. The fourth-order valence-electron chi connectivity index (χ4n) is 1.87. The summed E-state index contributed by atoms with van der Waals surface area (Å²) in [6.07, 6.45) is 8.51. The van der Waals surface area contributed by atoms with Crippen molar-refractivity contribution in [2.45, 2.75) is 12.8 Å². The second-order valence-electron chi connectivity index (χ2n) is 3.43. The van der Waals surface area contributed by atoms with Gasteiger partial charge in [-0.2, -0.15) is 5.26 Å². The molecule has 62 valence electrons. The Hall–Kier alpha value is -1.23. The van der Waals surface area contributed by atoms with Gasteiger partial charge in [-0.3, -0.25) is 0 Å². The molecule has 0 bridgehead atoms. The molecule has 0 spiro atoms. The van der Waals surface area contributed by atoms with E-state index in [1.807, 2.05) is 0 Å². The Bertz CT molecular complexity index is 270. The minimum absolute atomic E-state index is 0.207.